The van der Waals surface area contributed by atoms with Crippen LogP contribution in [0, 0.1) is 5.41 Å². The molecule has 5 nitrogen and oxygen atoms in total. The van der Waals surface area contributed by atoms with Gasteiger partial charge in [0.05, 0.1) is 6.42 Å². The van der Waals surface area contributed by atoms with Gasteiger partial charge in [0.25, 0.3) is 0 Å². The maximum absolute atomic E-state index is 13.5. The molecule has 0 amide bonds. The number of carbonyl (C=O) groups excluding carboxylic acids is 1. The maximum atomic E-state index is 13.5. The van der Waals surface area contributed by atoms with Crippen molar-refractivity contribution in [2.24, 2.45) is 5.41 Å². The van der Waals surface area contributed by atoms with Gasteiger partial charge in [-0.05, 0) is 70.5 Å². The van der Waals surface area contributed by atoms with Crippen LogP contribution in [-0.2, 0) is 24.2 Å². The summed E-state index contributed by atoms with van der Waals surface area (Å²) in [6.45, 7) is 5.34. The first kappa shape index (κ1) is 28.4. The first-order valence-corrected chi connectivity index (χ1v) is 14.6. The number of hydrogen-bond donors (Lipinski definition) is 2. The van der Waals surface area contributed by atoms with Gasteiger partial charge >= 0.3 is 5.97 Å². The Morgan fingerprint density at radius 1 is 0.837 bits per heavy atom. The summed E-state index contributed by atoms with van der Waals surface area (Å²) in [6.07, 6.45) is 4.67. The molecule has 0 radical (unpaired) electrons. The van der Waals surface area contributed by atoms with Gasteiger partial charge in [0.1, 0.15) is 17.2 Å². The van der Waals surface area contributed by atoms with E-state index in [0.29, 0.717) is 16.3 Å². The molecule has 1 aliphatic heterocycles. The highest BCUT2D eigenvalue weighted by atomic mass is 35.5. The number of rotatable bonds is 7. The Bertz CT molecular complexity index is 1800. The van der Waals surface area contributed by atoms with E-state index in [0.717, 1.165) is 46.5 Å². The van der Waals surface area contributed by atoms with Crippen molar-refractivity contribution in [3.63, 3.8) is 0 Å². The average molecular weight is 590 g/mol. The van der Waals surface area contributed by atoms with Crippen molar-refractivity contribution < 1.29 is 19.7 Å². The molecule has 0 spiro atoms. The third kappa shape index (κ3) is 6.23. The minimum absolute atomic E-state index is 0.00536. The van der Waals surface area contributed by atoms with Crippen molar-refractivity contribution in [2.75, 3.05) is 0 Å². The molecule has 216 valence electrons. The summed E-state index contributed by atoms with van der Waals surface area (Å²) >= 11 is 6.25. The third-order valence-electron chi connectivity index (χ3n) is 7.72. The third-order valence-corrected chi connectivity index (χ3v) is 7.97. The lowest BCUT2D eigenvalue weighted by Crippen LogP contribution is -2.18. The van der Waals surface area contributed by atoms with Crippen molar-refractivity contribution in [2.45, 2.75) is 33.2 Å². The van der Waals surface area contributed by atoms with Gasteiger partial charge in [-0.15, -0.1) is 0 Å². The van der Waals surface area contributed by atoms with Gasteiger partial charge in [-0.2, -0.15) is 0 Å². The van der Waals surface area contributed by atoms with Crippen LogP contribution in [0.4, 0.5) is 0 Å². The molecule has 5 aromatic rings. The minimum Gasteiger partial charge on any atom is -0.508 e. The van der Waals surface area contributed by atoms with Gasteiger partial charge in [-0.1, -0.05) is 92.2 Å². The largest absolute Gasteiger partial charge is 0.508 e. The molecule has 6 heteroatoms. The predicted octanol–water partition coefficient (Wildman–Crippen LogP) is 8.79. The van der Waals surface area contributed by atoms with E-state index in [2.05, 4.69) is 30.5 Å². The van der Waals surface area contributed by atoms with E-state index in [1.807, 2.05) is 60.7 Å². The molecule has 2 N–H and O–H groups in total. The lowest BCUT2D eigenvalue weighted by atomic mass is 9.86. The van der Waals surface area contributed by atoms with Crippen molar-refractivity contribution in [3.05, 3.63) is 125 Å². The Balaban J connectivity index is 1.30. The SMILES string of the molecule is CC1(C)Cc2c(-c3ccccc3)c(-c3ccc(Cl)cc3)c(CC(=O)Oc3ccc(/C=C/c4cc(O)cc(O)c4)cc3)n2C1. The Labute approximate surface area is 256 Å². The molecule has 0 bridgehead atoms. The van der Waals surface area contributed by atoms with Gasteiger partial charge < -0.3 is 19.5 Å². The molecule has 1 aliphatic rings. The van der Waals surface area contributed by atoms with Gasteiger partial charge in [-0.25, -0.2) is 0 Å². The molecule has 1 aromatic heterocycles. The zero-order valence-electron chi connectivity index (χ0n) is 24.0. The molecule has 2 heterocycles. The average Bonchev–Trinajstić information content (AvgIpc) is 3.43. The standard InChI is InChI=1S/C37H32ClNO4/c1-37(2)22-33-36(26-6-4-3-5-7-26)35(27-12-14-28(38)15-13-27)32(39(33)23-37)21-34(42)43-31-16-10-24(11-17-31)8-9-25-18-29(40)20-30(41)19-25/h3-20,40-41H,21-23H2,1-2H3/b9-8+. The number of carbonyl (C=O) groups is 1. The quantitative estimate of drug-likeness (QED) is 0.113. The van der Waals surface area contributed by atoms with Gasteiger partial charge in [-0.3, -0.25) is 4.79 Å². The van der Waals surface area contributed by atoms with E-state index in [9.17, 15) is 15.0 Å². The number of aromatic hydroxyl groups is 2. The van der Waals surface area contributed by atoms with Crippen molar-refractivity contribution >= 4 is 29.7 Å². The second-order valence-electron chi connectivity index (χ2n) is 11.8. The van der Waals surface area contributed by atoms with Crippen molar-refractivity contribution in [1.29, 1.82) is 0 Å². The molecule has 0 saturated heterocycles. The fourth-order valence-corrected chi connectivity index (χ4v) is 6.04. The molecule has 0 atom stereocenters. The minimum atomic E-state index is -0.335. The molecular formula is C37H32ClNO4. The highest BCUT2D eigenvalue weighted by Crippen LogP contribution is 2.47. The molecule has 0 saturated carbocycles. The van der Waals surface area contributed by atoms with Crippen LogP contribution in [0.3, 0.4) is 0 Å². The summed E-state index contributed by atoms with van der Waals surface area (Å²) < 4.78 is 8.16. The Hall–Kier alpha value is -4.74. The zero-order chi connectivity index (χ0) is 30.1. The molecule has 0 unspecified atom stereocenters. The summed E-state index contributed by atoms with van der Waals surface area (Å²) in [5.41, 5.74) is 8.14. The number of phenolic OH excluding ortho intramolecular Hbond substituents is 2. The normalized spacial score (nSPS) is 13.7. The number of esters is 1. The van der Waals surface area contributed by atoms with Crippen molar-refractivity contribution in [1.82, 2.24) is 4.57 Å². The van der Waals surface area contributed by atoms with E-state index >= 15 is 0 Å². The van der Waals surface area contributed by atoms with Crippen LogP contribution in [0.2, 0.25) is 5.02 Å². The number of phenols is 2. The van der Waals surface area contributed by atoms with Gasteiger partial charge in [0.15, 0.2) is 0 Å². The maximum Gasteiger partial charge on any atom is 0.317 e. The second kappa shape index (κ2) is 11.5. The molecule has 0 aliphatic carbocycles. The van der Waals surface area contributed by atoms with Crippen LogP contribution in [0.25, 0.3) is 34.4 Å². The number of aromatic nitrogens is 1. The first-order valence-electron chi connectivity index (χ1n) is 14.2. The Morgan fingerprint density at radius 3 is 2.14 bits per heavy atom. The van der Waals surface area contributed by atoms with Crippen LogP contribution in [0.1, 0.15) is 36.4 Å². The summed E-state index contributed by atoms with van der Waals surface area (Å²) in [4.78, 5) is 13.5. The van der Waals surface area contributed by atoms with E-state index in [-0.39, 0.29) is 29.3 Å². The topological polar surface area (TPSA) is 71.7 Å². The fraction of sp³-hybridized carbons (Fsp3) is 0.162. The van der Waals surface area contributed by atoms with E-state index in [4.69, 9.17) is 16.3 Å². The van der Waals surface area contributed by atoms with Crippen LogP contribution < -0.4 is 4.74 Å². The smallest absolute Gasteiger partial charge is 0.317 e. The van der Waals surface area contributed by atoms with Gasteiger partial charge in [0, 0.05) is 40.1 Å². The summed E-state index contributed by atoms with van der Waals surface area (Å²) in [7, 11) is 0. The highest BCUT2D eigenvalue weighted by molar-refractivity contribution is 6.30. The van der Waals surface area contributed by atoms with E-state index < -0.39 is 0 Å². The predicted molar refractivity (Wildman–Crippen MR) is 172 cm³/mol. The number of halogens is 1. The highest BCUT2D eigenvalue weighted by Gasteiger charge is 2.36. The molecule has 4 aromatic carbocycles. The first-order chi connectivity index (χ1) is 20.6. The monoisotopic (exact) mass is 589 g/mol. The Morgan fingerprint density at radius 2 is 1.47 bits per heavy atom. The summed E-state index contributed by atoms with van der Waals surface area (Å²) in [6, 6.07) is 29.8. The number of benzene rings is 4. The molecule has 6 rings (SSSR count). The van der Waals surface area contributed by atoms with Gasteiger partial charge in [0.2, 0.25) is 0 Å². The lowest BCUT2D eigenvalue weighted by molar-refractivity contribution is -0.133. The van der Waals surface area contributed by atoms with E-state index in [1.54, 1.807) is 30.3 Å². The molecule has 0 fully saturated rings. The van der Waals surface area contributed by atoms with Crippen LogP contribution in [-0.4, -0.2) is 20.7 Å². The fourth-order valence-electron chi connectivity index (χ4n) is 5.92. The summed E-state index contributed by atoms with van der Waals surface area (Å²) in [5, 5.41) is 20.1. The zero-order valence-corrected chi connectivity index (χ0v) is 24.8. The molecular weight excluding hydrogens is 558 g/mol. The summed E-state index contributed by atoms with van der Waals surface area (Å²) in [5.74, 6) is 0.115. The lowest BCUT2D eigenvalue weighted by Gasteiger charge is -2.19. The Kier molecular flexibility index (Phi) is 7.59. The number of fused-ring (bicyclic) bond motifs is 1. The molecule has 43 heavy (non-hydrogen) atoms. The number of ether oxygens (including phenoxy) is 1. The van der Waals surface area contributed by atoms with Crippen LogP contribution >= 0.6 is 11.6 Å². The van der Waals surface area contributed by atoms with Crippen molar-refractivity contribution in [3.8, 4) is 39.5 Å². The number of hydrogen-bond acceptors (Lipinski definition) is 4. The van der Waals surface area contributed by atoms with E-state index in [1.165, 1.54) is 11.8 Å². The van der Waals surface area contributed by atoms with Crippen LogP contribution in [0.15, 0.2) is 97.1 Å². The van der Waals surface area contributed by atoms with Crippen LogP contribution in [0.5, 0.6) is 17.2 Å². The number of nitrogens with zero attached hydrogens (tertiary/aromatic N) is 1. The second-order valence-corrected chi connectivity index (χ2v) is 12.2.